The first-order chi connectivity index (χ1) is 18.1. The second kappa shape index (κ2) is 13.2. The Labute approximate surface area is 221 Å². The predicted molar refractivity (Wildman–Crippen MR) is 149 cm³/mol. The van der Waals surface area contributed by atoms with Crippen LogP contribution >= 0.6 is 11.3 Å². The molecule has 0 aliphatic carbocycles. The standard InChI is InChI=1S/C29H35N3O4S/c1-4-6-8-10-18-36-24-16-11-21(19-25(24)34-3)20-26-28(33)32-29(37-26)30-27(31-32)22-12-14-23(15-13-22)35-17-9-7-5-2/h11-16,19-20H,4-10,17-18H2,1-3H3. The number of hydrogen-bond acceptors (Lipinski definition) is 7. The fraction of sp³-hybridized carbons (Fsp3) is 0.414. The largest absolute Gasteiger partial charge is 0.494 e. The van der Waals surface area contributed by atoms with Crippen LogP contribution in [0.2, 0.25) is 0 Å². The molecule has 0 bridgehead atoms. The van der Waals surface area contributed by atoms with Gasteiger partial charge in [-0.2, -0.15) is 9.50 Å². The molecule has 0 atom stereocenters. The maximum absolute atomic E-state index is 13.0. The van der Waals surface area contributed by atoms with Crippen molar-refractivity contribution in [1.82, 2.24) is 14.6 Å². The van der Waals surface area contributed by atoms with Gasteiger partial charge in [0, 0.05) is 5.56 Å². The van der Waals surface area contributed by atoms with Gasteiger partial charge in [0.05, 0.1) is 24.9 Å². The van der Waals surface area contributed by atoms with Gasteiger partial charge in [-0.15, -0.1) is 5.10 Å². The van der Waals surface area contributed by atoms with Crippen LogP contribution in [-0.2, 0) is 0 Å². The maximum atomic E-state index is 13.0. The van der Waals surface area contributed by atoms with Gasteiger partial charge in [-0.1, -0.05) is 63.4 Å². The highest BCUT2D eigenvalue weighted by Crippen LogP contribution is 2.28. The van der Waals surface area contributed by atoms with E-state index in [0.717, 1.165) is 42.6 Å². The lowest BCUT2D eigenvalue weighted by Crippen LogP contribution is -2.23. The number of hydrogen-bond donors (Lipinski definition) is 0. The van der Waals surface area contributed by atoms with Crippen LogP contribution < -0.4 is 24.3 Å². The SMILES string of the molecule is CCCCCCOc1ccc(C=c2sc3nc(-c4ccc(OCCCCC)cc4)nn3c2=O)cc1OC. The molecule has 0 amide bonds. The average molecular weight is 522 g/mol. The zero-order valence-corrected chi connectivity index (χ0v) is 22.7. The van der Waals surface area contributed by atoms with E-state index in [1.807, 2.05) is 48.5 Å². The summed E-state index contributed by atoms with van der Waals surface area (Å²) >= 11 is 1.32. The van der Waals surface area contributed by atoms with Crippen molar-refractivity contribution >= 4 is 22.4 Å². The summed E-state index contributed by atoms with van der Waals surface area (Å²) in [5.74, 6) is 2.71. The second-order valence-electron chi connectivity index (χ2n) is 8.94. The number of methoxy groups -OCH3 is 1. The first kappa shape index (κ1) is 26.7. The molecule has 0 aliphatic heterocycles. The van der Waals surface area contributed by atoms with Crippen LogP contribution in [0.3, 0.4) is 0 Å². The zero-order valence-electron chi connectivity index (χ0n) is 21.9. The van der Waals surface area contributed by atoms with Crippen LogP contribution in [0, 0.1) is 0 Å². The highest BCUT2D eigenvalue weighted by Gasteiger charge is 2.13. The molecule has 37 heavy (non-hydrogen) atoms. The minimum Gasteiger partial charge on any atom is -0.494 e. The van der Waals surface area contributed by atoms with Gasteiger partial charge in [0.15, 0.2) is 17.3 Å². The highest BCUT2D eigenvalue weighted by atomic mass is 32.1. The fourth-order valence-electron chi connectivity index (χ4n) is 3.95. The lowest BCUT2D eigenvalue weighted by molar-refractivity contribution is 0.285. The Morgan fingerprint density at radius 2 is 1.62 bits per heavy atom. The van der Waals surface area contributed by atoms with Crippen molar-refractivity contribution in [2.45, 2.75) is 58.8 Å². The summed E-state index contributed by atoms with van der Waals surface area (Å²) in [5, 5.41) is 4.46. The monoisotopic (exact) mass is 521 g/mol. The molecule has 0 aliphatic rings. The third-order valence-corrected chi connectivity index (χ3v) is 7.01. The van der Waals surface area contributed by atoms with E-state index in [1.165, 1.54) is 35.1 Å². The fourth-order valence-corrected chi connectivity index (χ4v) is 4.86. The Hall–Kier alpha value is -3.39. The molecular weight excluding hydrogens is 486 g/mol. The second-order valence-corrected chi connectivity index (χ2v) is 9.95. The molecule has 8 heteroatoms. The van der Waals surface area contributed by atoms with E-state index in [9.17, 15) is 4.79 Å². The average Bonchev–Trinajstić information content (AvgIpc) is 3.46. The van der Waals surface area contributed by atoms with Crippen LogP contribution in [-0.4, -0.2) is 34.9 Å². The number of thiazole rings is 1. The number of fused-ring (bicyclic) bond motifs is 1. The van der Waals surface area contributed by atoms with Gasteiger partial charge >= 0.3 is 0 Å². The summed E-state index contributed by atoms with van der Waals surface area (Å²) in [4.78, 5) is 18.2. The van der Waals surface area contributed by atoms with E-state index in [2.05, 4.69) is 23.9 Å². The lowest BCUT2D eigenvalue weighted by atomic mass is 10.2. The Morgan fingerprint density at radius 1 is 0.892 bits per heavy atom. The van der Waals surface area contributed by atoms with Crippen LogP contribution in [0.15, 0.2) is 47.3 Å². The molecular formula is C29H35N3O4S. The predicted octanol–water partition coefficient (Wildman–Crippen LogP) is 5.90. The van der Waals surface area contributed by atoms with Gasteiger partial charge in [-0.25, -0.2) is 0 Å². The van der Waals surface area contributed by atoms with Crippen molar-refractivity contribution < 1.29 is 14.2 Å². The number of nitrogens with zero attached hydrogens (tertiary/aromatic N) is 3. The summed E-state index contributed by atoms with van der Waals surface area (Å²) in [6.07, 6.45) is 9.80. The quantitative estimate of drug-likeness (QED) is 0.192. The molecule has 0 radical (unpaired) electrons. The molecule has 0 N–H and O–H groups in total. The summed E-state index contributed by atoms with van der Waals surface area (Å²) in [5.41, 5.74) is 1.51. The molecule has 2 heterocycles. The molecule has 4 rings (SSSR count). The highest BCUT2D eigenvalue weighted by molar-refractivity contribution is 7.15. The van der Waals surface area contributed by atoms with Crippen molar-refractivity contribution in [3.05, 3.63) is 62.9 Å². The first-order valence-corrected chi connectivity index (χ1v) is 13.9. The van der Waals surface area contributed by atoms with E-state index in [4.69, 9.17) is 14.2 Å². The molecule has 0 saturated heterocycles. The van der Waals surface area contributed by atoms with Crippen LogP contribution in [0.25, 0.3) is 22.4 Å². The van der Waals surface area contributed by atoms with E-state index in [-0.39, 0.29) is 5.56 Å². The van der Waals surface area contributed by atoms with Crippen molar-refractivity contribution in [3.63, 3.8) is 0 Å². The number of benzene rings is 2. The van der Waals surface area contributed by atoms with E-state index in [0.29, 0.717) is 40.0 Å². The maximum Gasteiger partial charge on any atom is 0.291 e. The van der Waals surface area contributed by atoms with Crippen LogP contribution in [0.4, 0.5) is 0 Å². The molecule has 196 valence electrons. The molecule has 4 aromatic rings. The van der Waals surface area contributed by atoms with Crippen LogP contribution in [0.1, 0.15) is 64.4 Å². The third kappa shape index (κ3) is 6.89. The van der Waals surface area contributed by atoms with Crippen LogP contribution in [0.5, 0.6) is 17.2 Å². The summed E-state index contributed by atoms with van der Waals surface area (Å²) in [7, 11) is 1.62. The van der Waals surface area contributed by atoms with Crippen molar-refractivity contribution in [1.29, 1.82) is 0 Å². The Kier molecular flexibility index (Phi) is 9.54. The molecule has 2 aromatic carbocycles. The molecule has 0 unspecified atom stereocenters. The summed E-state index contributed by atoms with van der Waals surface area (Å²) in [6, 6.07) is 13.4. The van der Waals surface area contributed by atoms with Crippen molar-refractivity contribution in [2.24, 2.45) is 0 Å². The van der Waals surface area contributed by atoms with Crippen molar-refractivity contribution in [3.8, 4) is 28.6 Å². The van der Waals surface area contributed by atoms with E-state index >= 15 is 0 Å². The number of unbranched alkanes of at least 4 members (excludes halogenated alkanes) is 5. The minimum absolute atomic E-state index is 0.190. The number of aromatic nitrogens is 3. The van der Waals surface area contributed by atoms with Gasteiger partial charge in [0.25, 0.3) is 5.56 Å². The Bertz CT molecular complexity index is 1400. The first-order valence-electron chi connectivity index (χ1n) is 13.1. The smallest absolute Gasteiger partial charge is 0.291 e. The zero-order chi connectivity index (χ0) is 26.0. The van der Waals surface area contributed by atoms with Gasteiger partial charge < -0.3 is 14.2 Å². The molecule has 0 fully saturated rings. The van der Waals surface area contributed by atoms with Gasteiger partial charge in [0.1, 0.15) is 5.75 Å². The lowest BCUT2D eigenvalue weighted by Gasteiger charge is -2.11. The van der Waals surface area contributed by atoms with Gasteiger partial charge in [0.2, 0.25) is 4.96 Å². The molecule has 0 saturated carbocycles. The number of ether oxygens (including phenoxy) is 3. The van der Waals surface area contributed by atoms with E-state index in [1.54, 1.807) is 7.11 Å². The molecule has 2 aromatic heterocycles. The summed E-state index contributed by atoms with van der Waals surface area (Å²) in [6.45, 7) is 5.74. The minimum atomic E-state index is -0.190. The third-order valence-electron chi connectivity index (χ3n) is 6.05. The Balaban J connectivity index is 1.47. The van der Waals surface area contributed by atoms with Gasteiger partial charge in [-0.3, -0.25) is 4.79 Å². The van der Waals surface area contributed by atoms with Crippen molar-refractivity contribution in [2.75, 3.05) is 20.3 Å². The topological polar surface area (TPSA) is 75.0 Å². The normalized spacial score (nSPS) is 11.8. The van der Waals surface area contributed by atoms with Gasteiger partial charge in [-0.05, 0) is 60.9 Å². The number of rotatable bonds is 14. The Morgan fingerprint density at radius 3 is 2.35 bits per heavy atom. The van der Waals surface area contributed by atoms with E-state index < -0.39 is 0 Å². The molecule has 0 spiro atoms. The summed E-state index contributed by atoms with van der Waals surface area (Å²) < 4.78 is 19.1. The molecule has 7 nitrogen and oxygen atoms in total.